The van der Waals surface area contributed by atoms with Crippen LogP contribution in [0.4, 0.5) is 0 Å². The maximum atomic E-state index is 12.1. The molecule has 0 aromatic rings. The number of carbonyl (C=O) groups excluding carboxylic acids is 1. The van der Waals surface area contributed by atoms with Crippen LogP contribution in [0, 0.1) is 11.8 Å². The third kappa shape index (κ3) is 5.89. The van der Waals surface area contributed by atoms with Gasteiger partial charge in [0.15, 0.2) is 0 Å². The topological polar surface area (TPSA) is 67.6 Å². The molecule has 0 heterocycles. The van der Waals surface area contributed by atoms with Crippen LogP contribution in [0.15, 0.2) is 0 Å². The number of carbonyl (C=O) groups is 1. The zero-order valence-corrected chi connectivity index (χ0v) is 12.5. The largest absolute Gasteiger partial charge is 0.378 e. The van der Waals surface area contributed by atoms with Crippen molar-refractivity contribution in [3.8, 4) is 0 Å². The summed E-state index contributed by atoms with van der Waals surface area (Å²) in [5.74, 6) is 0.449. The number of hydrogen-bond acceptors (Lipinski definition) is 4. The van der Waals surface area contributed by atoms with Crippen LogP contribution >= 0.6 is 0 Å². The average molecular weight is 271 g/mol. The first-order valence-corrected chi connectivity index (χ1v) is 7.28. The highest BCUT2D eigenvalue weighted by molar-refractivity contribution is 5.79. The summed E-state index contributed by atoms with van der Waals surface area (Å²) in [6.45, 7) is 4.86. The Labute approximate surface area is 116 Å². The Hall–Kier alpha value is -0.650. The summed E-state index contributed by atoms with van der Waals surface area (Å²) in [7, 11) is 4.02. The zero-order valence-electron chi connectivity index (χ0n) is 12.5. The third-order valence-corrected chi connectivity index (χ3v) is 3.80. The van der Waals surface area contributed by atoms with Gasteiger partial charge in [-0.05, 0) is 32.9 Å². The van der Waals surface area contributed by atoms with E-state index >= 15 is 0 Å². The first kappa shape index (κ1) is 16.4. The highest BCUT2D eigenvalue weighted by Crippen LogP contribution is 2.28. The molecule has 112 valence electrons. The molecule has 0 bridgehead atoms. The van der Waals surface area contributed by atoms with Gasteiger partial charge in [0.25, 0.3) is 0 Å². The standard InChI is InChI=1S/C14H29N3O2/c1-11-5-4-6-12(15)13(11)14(18)16-7-9-19-10-8-17(2)3/h11-13H,4-10,15H2,1-3H3,(H,16,18). The van der Waals surface area contributed by atoms with Crippen LogP contribution in [0.25, 0.3) is 0 Å². The molecule has 19 heavy (non-hydrogen) atoms. The molecule has 3 unspecified atom stereocenters. The molecule has 0 spiro atoms. The van der Waals surface area contributed by atoms with E-state index in [9.17, 15) is 4.79 Å². The van der Waals surface area contributed by atoms with Crippen molar-refractivity contribution in [3.05, 3.63) is 0 Å². The van der Waals surface area contributed by atoms with Gasteiger partial charge in [0.1, 0.15) is 0 Å². The number of amides is 1. The summed E-state index contributed by atoms with van der Waals surface area (Å²) in [5, 5.41) is 2.94. The van der Waals surface area contributed by atoms with Crippen molar-refractivity contribution in [2.75, 3.05) is 40.4 Å². The maximum absolute atomic E-state index is 12.1. The van der Waals surface area contributed by atoms with E-state index in [1.165, 1.54) is 0 Å². The second kappa shape index (κ2) is 8.51. The van der Waals surface area contributed by atoms with E-state index in [0.29, 0.717) is 25.7 Å². The van der Waals surface area contributed by atoms with E-state index in [4.69, 9.17) is 10.5 Å². The van der Waals surface area contributed by atoms with Crippen LogP contribution in [0.3, 0.4) is 0 Å². The lowest BCUT2D eigenvalue weighted by atomic mass is 9.76. The molecule has 3 N–H and O–H groups in total. The number of nitrogens with one attached hydrogen (secondary N) is 1. The van der Waals surface area contributed by atoms with Gasteiger partial charge in [-0.15, -0.1) is 0 Å². The summed E-state index contributed by atoms with van der Waals surface area (Å²) in [6.07, 6.45) is 3.20. The highest BCUT2D eigenvalue weighted by Gasteiger charge is 2.33. The second-order valence-electron chi connectivity index (χ2n) is 5.80. The fourth-order valence-electron chi connectivity index (χ4n) is 2.62. The Morgan fingerprint density at radius 1 is 1.37 bits per heavy atom. The molecule has 1 fully saturated rings. The molecular formula is C14H29N3O2. The van der Waals surface area contributed by atoms with Gasteiger partial charge in [0, 0.05) is 19.1 Å². The molecular weight excluding hydrogens is 242 g/mol. The van der Waals surface area contributed by atoms with E-state index in [1.54, 1.807) is 0 Å². The van der Waals surface area contributed by atoms with Crippen molar-refractivity contribution in [3.63, 3.8) is 0 Å². The fraction of sp³-hybridized carbons (Fsp3) is 0.929. The molecule has 0 aromatic carbocycles. The van der Waals surface area contributed by atoms with Crippen molar-refractivity contribution in [1.29, 1.82) is 0 Å². The van der Waals surface area contributed by atoms with Gasteiger partial charge >= 0.3 is 0 Å². The average Bonchev–Trinajstić information content (AvgIpc) is 2.33. The monoisotopic (exact) mass is 271 g/mol. The summed E-state index contributed by atoms with van der Waals surface area (Å²) >= 11 is 0. The minimum absolute atomic E-state index is 0.0124. The molecule has 0 radical (unpaired) electrons. The fourth-order valence-corrected chi connectivity index (χ4v) is 2.62. The van der Waals surface area contributed by atoms with Crippen LogP contribution in [0.1, 0.15) is 26.2 Å². The molecule has 1 amide bonds. The minimum Gasteiger partial charge on any atom is -0.378 e. The number of likely N-dealkylation sites (N-methyl/N-ethyl adjacent to an activating group) is 1. The molecule has 3 atom stereocenters. The van der Waals surface area contributed by atoms with E-state index in [2.05, 4.69) is 17.1 Å². The van der Waals surface area contributed by atoms with Gasteiger partial charge in [-0.25, -0.2) is 0 Å². The predicted octanol–water partition coefficient (Wildman–Crippen LogP) is 0.444. The summed E-state index contributed by atoms with van der Waals surface area (Å²) in [4.78, 5) is 14.2. The van der Waals surface area contributed by atoms with Crippen molar-refractivity contribution in [2.24, 2.45) is 17.6 Å². The lowest BCUT2D eigenvalue weighted by molar-refractivity contribution is -0.128. The maximum Gasteiger partial charge on any atom is 0.225 e. The van der Waals surface area contributed by atoms with Gasteiger partial charge in [0.2, 0.25) is 5.91 Å². The van der Waals surface area contributed by atoms with Gasteiger partial charge in [-0.1, -0.05) is 13.3 Å². The minimum atomic E-state index is -0.0319. The molecule has 5 heteroatoms. The number of hydrogen-bond donors (Lipinski definition) is 2. The Bertz CT molecular complexity index is 261. The van der Waals surface area contributed by atoms with Crippen LogP contribution in [0.5, 0.6) is 0 Å². The van der Waals surface area contributed by atoms with E-state index < -0.39 is 0 Å². The molecule has 1 aliphatic carbocycles. The summed E-state index contributed by atoms with van der Waals surface area (Å²) < 4.78 is 5.45. The Morgan fingerprint density at radius 3 is 2.74 bits per heavy atom. The van der Waals surface area contributed by atoms with Crippen molar-refractivity contribution in [2.45, 2.75) is 32.2 Å². The smallest absolute Gasteiger partial charge is 0.225 e. The van der Waals surface area contributed by atoms with Crippen molar-refractivity contribution < 1.29 is 9.53 Å². The first-order valence-electron chi connectivity index (χ1n) is 7.28. The van der Waals surface area contributed by atoms with Gasteiger partial charge in [0.05, 0.1) is 19.1 Å². The van der Waals surface area contributed by atoms with Gasteiger partial charge in [-0.3, -0.25) is 4.79 Å². The van der Waals surface area contributed by atoms with Crippen molar-refractivity contribution >= 4 is 5.91 Å². The Kier molecular flexibility index (Phi) is 7.34. The molecule has 5 nitrogen and oxygen atoms in total. The normalized spacial score (nSPS) is 27.5. The van der Waals surface area contributed by atoms with Gasteiger partial charge < -0.3 is 20.7 Å². The summed E-state index contributed by atoms with van der Waals surface area (Å²) in [6, 6.07) is 0.0124. The van der Waals surface area contributed by atoms with E-state index in [-0.39, 0.29) is 17.9 Å². The lowest BCUT2D eigenvalue weighted by Gasteiger charge is -2.33. The molecule has 1 saturated carbocycles. The predicted molar refractivity (Wildman–Crippen MR) is 76.9 cm³/mol. The molecule has 0 aromatic heterocycles. The zero-order chi connectivity index (χ0) is 14.3. The van der Waals surface area contributed by atoms with Crippen LogP contribution in [-0.2, 0) is 9.53 Å². The first-order chi connectivity index (χ1) is 9.02. The van der Waals surface area contributed by atoms with Crippen LogP contribution in [0.2, 0.25) is 0 Å². The summed E-state index contributed by atoms with van der Waals surface area (Å²) in [5.41, 5.74) is 6.06. The SMILES string of the molecule is CC1CCCC(N)C1C(=O)NCCOCCN(C)C. The molecule has 0 aliphatic heterocycles. The third-order valence-electron chi connectivity index (χ3n) is 3.80. The highest BCUT2D eigenvalue weighted by atomic mass is 16.5. The molecule has 1 rings (SSSR count). The second-order valence-corrected chi connectivity index (χ2v) is 5.80. The Morgan fingerprint density at radius 2 is 2.11 bits per heavy atom. The van der Waals surface area contributed by atoms with E-state index in [1.807, 2.05) is 14.1 Å². The van der Waals surface area contributed by atoms with Crippen LogP contribution in [-0.4, -0.2) is 57.2 Å². The number of nitrogens with zero attached hydrogens (tertiary/aromatic N) is 1. The van der Waals surface area contributed by atoms with Crippen LogP contribution < -0.4 is 11.1 Å². The lowest BCUT2D eigenvalue weighted by Crippen LogP contribution is -2.47. The van der Waals surface area contributed by atoms with E-state index in [0.717, 1.165) is 25.8 Å². The Balaban J connectivity index is 2.16. The number of rotatable bonds is 7. The van der Waals surface area contributed by atoms with Crippen molar-refractivity contribution in [1.82, 2.24) is 10.2 Å². The molecule has 0 saturated heterocycles. The number of ether oxygens (including phenoxy) is 1. The van der Waals surface area contributed by atoms with Gasteiger partial charge in [-0.2, -0.15) is 0 Å². The number of nitrogens with two attached hydrogens (primary N) is 1. The molecule has 1 aliphatic rings. The quantitative estimate of drug-likeness (QED) is 0.660.